The number of halogens is 1. The second kappa shape index (κ2) is 6.54. The third-order valence-electron chi connectivity index (χ3n) is 3.55. The number of benzene rings is 2. The van der Waals surface area contributed by atoms with Crippen LogP contribution in [0.2, 0.25) is 0 Å². The Morgan fingerprint density at radius 3 is 2.62 bits per heavy atom. The molecule has 0 aliphatic rings. The summed E-state index contributed by atoms with van der Waals surface area (Å²) in [6, 6.07) is 13.1. The summed E-state index contributed by atoms with van der Waals surface area (Å²) >= 11 is 0. The summed E-state index contributed by atoms with van der Waals surface area (Å²) in [4.78, 5) is 0.0688. The second-order valence-corrected chi connectivity index (χ2v) is 7.10. The van der Waals surface area contributed by atoms with E-state index in [9.17, 15) is 12.8 Å². The number of nitrogens with one attached hydrogen (secondary N) is 1. The number of sulfonamides is 1. The maximum atomic E-state index is 13.1. The number of aromatic nitrogens is 2. The Morgan fingerprint density at radius 1 is 1.17 bits per heavy atom. The van der Waals surface area contributed by atoms with Crippen molar-refractivity contribution in [3.63, 3.8) is 0 Å². The molecule has 1 aromatic heterocycles. The molecule has 0 amide bonds. The number of nitrogens with zero attached hydrogens (tertiary/aromatic N) is 2. The van der Waals surface area contributed by atoms with Crippen LogP contribution in [0.25, 0.3) is 5.69 Å². The van der Waals surface area contributed by atoms with E-state index in [1.165, 1.54) is 12.1 Å². The molecule has 0 saturated heterocycles. The number of aryl methyl sites for hydroxylation is 1. The fourth-order valence-electron chi connectivity index (χ4n) is 2.34. The van der Waals surface area contributed by atoms with Crippen LogP contribution in [-0.4, -0.2) is 18.2 Å². The largest absolute Gasteiger partial charge is 0.241 e. The van der Waals surface area contributed by atoms with Crippen LogP contribution in [0.5, 0.6) is 0 Å². The van der Waals surface area contributed by atoms with Crippen molar-refractivity contribution in [1.29, 1.82) is 0 Å². The van der Waals surface area contributed by atoms with Gasteiger partial charge >= 0.3 is 0 Å². The molecule has 0 bridgehead atoms. The highest BCUT2D eigenvalue weighted by Gasteiger charge is 2.17. The molecule has 5 nitrogen and oxygen atoms in total. The van der Waals surface area contributed by atoms with Gasteiger partial charge in [0.05, 0.1) is 16.8 Å². The van der Waals surface area contributed by atoms with E-state index in [0.717, 1.165) is 17.3 Å². The van der Waals surface area contributed by atoms with Gasteiger partial charge in [-0.1, -0.05) is 18.2 Å². The molecule has 7 heteroatoms. The quantitative estimate of drug-likeness (QED) is 0.773. The fraction of sp³-hybridized carbons (Fsp3) is 0.118. The Bertz CT molecular complexity index is 953. The van der Waals surface area contributed by atoms with E-state index in [-0.39, 0.29) is 11.4 Å². The van der Waals surface area contributed by atoms with Crippen molar-refractivity contribution < 1.29 is 12.8 Å². The SMILES string of the molecule is Cc1cc(F)ccc1S(=O)(=O)NCc1cnn(-c2ccccc2)c1. The van der Waals surface area contributed by atoms with E-state index in [4.69, 9.17) is 0 Å². The van der Waals surface area contributed by atoms with Gasteiger partial charge in [0.2, 0.25) is 10.0 Å². The van der Waals surface area contributed by atoms with E-state index in [1.54, 1.807) is 24.0 Å². The van der Waals surface area contributed by atoms with E-state index in [0.29, 0.717) is 5.56 Å². The molecule has 3 rings (SSSR count). The first kappa shape index (κ1) is 16.4. The molecule has 0 saturated carbocycles. The minimum Gasteiger partial charge on any atom is -0.241 e. The first-order valence-electron chi connectivity index (χ1n) is 7.30. The normalized spacial score (nSPS) is 11.6. The van der Waals surface area contributed by atoms with E-state index >= 15 is 0 Å². The molecule has 1 heterocycles. The van der Waals surface area contributed by atoms with Crippen LogP contribution in [0.4, 0.5) is 4.39 Å². The Labute approximate surface area is 139 Å². The third kappa shape index (κ3) is 3.52. The molecule has 1 N–H and O–H groups in total. The summed E-state index contributed by atoms with van der Waals surface area (Å²) in [5.41, 5.74) is 1.98. The lowest BCUT2D eigenvalue weighted by Crippen LogP contribution is -2.23. The average Bonchev–Trinajstić information content (AvgIpc) is 3.02. The van der Waals surface area contributed by atoms with Crippen molar-refractivity contribution >= 4 is 10.0 Å². The molecule has 0 atom stereocenters. The van der Waals surface area contributed by atoms with Gasteiger partial charge in [0.25, 0.3) is 0 Å². The van der Waals surface area contributed by atoms with Crippen molar-refractivity contribution in [2.24, 2.45) is 0 Å². The molecule has 24 heavy (non-hydrogen) atoms. The summed E-state index contributed by atoms with van der Waals surface area (Å²) in [7, 11) is -3.71. The van der Waals surface area contributed by atoms with E-state index in [2.05, 4.69) is 9.82 Å². The van der Waals surface area contributed by atoms with Gasteiger partial charge in [-0.25, -0.2) is 22.2 Å². The van der Waals surface area contributed by atoms with Crippen molar-refractivity contribution in [3.8, 4) is 5.69 Å². The molecule has 0 aliphatic heterocycles. The first-order chi connectivity index (χ1) is 11.5. The smallest absolute Gasteiger partial charge is 0.241 e. The van der Waals surface area contributed by atoms with Crippen LogP contribution in [0.15, 0.2) is 65.8 Å². The molecule has 124 valence electrons. The predicted octanol–water partition coefficient (Wildman–Crippen LogP) is 2.80. The molecular weight excluding hydrogens is 329 g/mol. The molecule has 0 aliphatic carbocycles. The van der Waals surface area contributed by atoms with Gasteiger partial charge in [-0.2, -0.15) is 5.10 Å². The first-order valence-corrected chi connectivity index (χ1v) is 8.79. The van der Waals surface area contributed by atoms with E-state index in [1.807, 2.05) is 30.3 Å². The van der Waals surface area contributed by atoms with Gasteiger partial charge in [0.1, 0.15) is 5.82 Å². The fourth-order valence-corrected chi connectivity index (χ4v) is 3.59. The zero-order chi connectivity index (χ0) is 17.2. The highest BCUT2D eigenvalue weighted by Crippen LogP contribution is 2.16. The maximum Gasteiger partial charge on any atom is 0.241 e. The number of hydrogen-bond acceptors (Lipinski definition) is 3. The zero-order valence-electron chi connectivity index (χ0n) is 13.0. The molecular formula is C17H16FN3O2S. The van der Waals surface area contributed by atoms with Crippen molar-refractivity contribution in [1.82, 2.24) is 14.5 Å². The topological polar surface area (TPSA) is 64.0 Å². The van der Waals surface area contributed by atoms with Crippen molar-refractivity contribution in [3.05, 3.63) is 77.9 Å². The summed E-state index contributed by atoms with van der Waals surface area (Å²) in [5, 5.41) is 4.22. The van der Waals surface area contributed by atoms with Gasteiger partial charge in [0, 0.05) is 18.3 Å². The average molecular weight is 345 g/mol. The molecule has 0 unspecified atom stereocenters. The number of para-hydroxylation sites is 1. The summed E-state index contributed by atoms with van der Waals surface area (Å²) < 4.78 is 42.0. The standard InChI is InChI=1S/C17H16FN3O2S/c1-13-9-15(18)7-8-17(13)24(22,23)20-11-14-10-19-21(12-14)16-5-3-2-4-6-16/h2-10,12,20H,11H2,1H3. The van der Waals surface area contributed by atoms with Crippen molar-refractivity contribution in [2.45, 2.75) is 18.4 Å². The lowest BCUT2D eigenvalue weighted by Gasteiger charge is -2.08. The van der Waals surface area contributed by atoms with Crippen LogP contribution < -0.4 is 4.72 Å². The summed E-state index contributed by atoms with van der Waals surface area (Å²) in [6.45, 7) is 1.66. The van der Waals surface area contributed by atoms with Gasteiger partial charge in [-0.3, -0.25) is 0 Å². The van der Waals surface area contributed by atoms with Crippen molar-refractivity contribution in [2.75, 3.05) is 0 Å². The zero-order valence-corrected chi connectivity index (χ0v) is 13.8. The monoisotopic (exact) mass is 345 g/mol. The second-order valence-electron chi connectivity index (χ2n) is 5.36. The lowest BCUT2D eigenvalue weighted by molar-refractivity contribution is 0.579. The number of rotatable bonds is 5. The summed E-state index contributed by atoms with van der Waals surface area (Å²) in [5.74, 6) is -0.462. The van der Waals surface area contributed by atoms with Crippen LogP contribution in [0.1, 0.15) is 11.1 Å². The Hall–Kier alpha value is -2.51. The highest BCUT2D eigenvalue weighted by atomic mass is 32.2. The summed E-state index contributed by atoms with van der Waals surface area (Å²) in [6.07, 6.45) is 3.36. The van der Waals surface area contributed by atoms with Crippen LogP contribution in [-0.2, 0) is 16.6 Å². The highest BCUT2D eigenvalue weighted by molar-refractivity contribution is 7.89. The van der Waals surface area contributed by atoms with Gasteiger partial charge in [-0.15, -0.1) is 0 Å². The van der Waals surface area contributed by atoms with Crippen LogP contribution in [0.3, 0.4) is 0 Å². The van der Waals surface area contributed by atoms with Gasteiger partial charge in [-0.05, 0) is 42.8 Å². The molecule has 0 spiro atoms. The Morgan fingerprint density at radius 2 is 1.92 bits per heavy atom. The maximum absolute atomic E-state index is 13.1. The molecule has 0 fully saturated rings. The van der Waals surface area contributed by atoms with E-state index < -0.39 is 15.8 Å². The minimum absolute atomic E-state index is 0.0688. The Kier molecular flexibility index (Phi) is 4.46. The molecule has 0 radical (unpaired) electrons. The predicted molar refractivity (Wildman–Crippen MR) is 88.7 cm³/mol. The van der Waals surface area contributed by atoms with Gasteiger partial charge < -0.3 is 0 Å². The molecule has 2 aromatic carbocycles. The van der Waals surface area contributed by atoms with Gasteiger partial charge in [0.15, 0.2) is 0 Å². The lowest BCUT2D eigenvalue weighted by atomic mass is 10.2. The van der Waals surface area contributed by atoms with Crippen LogP contribution in [0, 0.1) is 12.7 Å². The minimum atomic E-state index is -3.71. The number of hydrogen-bond donors (Lipinski definition) is 1. The third-order valence-corrected chi connectivity index (χ3v) is 5.11. The molecule has 3 aromatic rings. The van der Waals surface area contributed by atoms with Crippen LogP contribution >= 0.6 is 0 Å². The Balaban J connectivity index is 1.75.